The van der Waals surface area contributed by atoms with Crippen molar-refractivity contribution in [2.24, 2.45) is 0 Å². The van der Waals surface area contributed by atoms with Gasteiger partial charge in [-0.3, -0.25) is 4.79 Å². The van der Waals surface area contributed by atoms with E-state index in [1.807, 2.05) is 42.5 Å². The van der Waals surface area contributed by atoms with Crippen LogP contribution in [0.25, 0.3) is 16.8 Å². The van der Waals surface area contributed by atoms with Crippen LogP contribution in [0.15, 0.2) is 106 Å². The Morgan fingerprint density at radius 3 is 2.56 bits per heavy atom. The van der Waals surface area contributed by atoms with Crippen LogP contribution >= 0.6 is 31.9 Å². The zero-order valence-electron chi connectivity index (χ0n) is 19.3. The summed E-state index contributed by atoms with van der Waals surface area (Å²) in [6.45, 7) is 4.27. The van der Waals surface area contributed by atoms with Crippen LogP contribution < -0.4 is 10.1 Å². The van der Waals surface area contributed by atoms with Gasteiger partial charge in [-0.2, -0.15) is 5.26 Å². The first-order valence-corrected chi connectivity index (χ1v) is 12.8. The molecule has 0 saturated carbocycles. The third kappa shape index (κ3) is 6.31. The summed E-state index contributed by atoms with van der Waals surface area (Å²) in [7, 11) is 0. The molecule has 4 aromatic carbocycles. The summed E-state index contributed by atoms with van der Waals surface area (Å²) < 4.78 is 7.78. The highest BCUT2D eigenvalue weighted by Crippen LogP contribution is 2.33. The van der Waals surface area contributed by atoms with Crippen LogP contribution in [0.2, 0.25) is 0 Å². The Hall–Kier alpha value is -3.66. The van der Waals surface area contributed by atoms with Crippen molar-refractivity contribution in [2.45, 2.75) is 13.0 Å². The lowest BCUT2D eigenvalue weighted by Crippen LogP contribution is -2.13. The van der Waals surface area contributed by atoms with Gasteiger partial charge in [-0.15, -0.1) is 6.58 Å². The number of rotatable bonds is 8. The van der Waals surface area contributed by atoms with Crippen LogP contribution in [-0.2, 0) is 17.8 Å². The van der Waals surface area contributed by atoms with Crippen molar-refractivity contribution in [3.8, 4) is 11.8 Å². The van der Waals surface area contributed by atoms with Crippen molar-refractivity contribution in [1.82, 2.24) is 0 Å². The molecule has 0 aromatic heterocycles. The minimum atomic E-state index is -0.478. The van der Waals surface area contributed by atoms with Crippen LogP contribution in [0.4, 0.5) is 5.69 Å². The maximum absolute atomic E-state index is 12.7. The fourth-order valence-corrected chi connectivity index (χ4v) is 4.82. The largest absolute Gasteiger partial charge is 0.487 e. The second kappa shape index (κ2) is 11.9. The molecule has 0 aliphatic carbocycles. The minimum absolute atomic E-state index is 0.00346. The molecular weight excluding hydrogens is 580 g/mol. The van der Waals surface area contributed by atoms with Crippen molar-refractivity contribution in [1.29, 1.82) is 5.26 Å². The molecule has 0 saturated heterocycles. The van der Waals surface area contributed by atoms with Gasteiger partial charge in [-0.05, 0) is 92.3 Å². The van der Waals surface area contributed by atoms with Gasteiger partial charge in [0.15, 0.2) is 0 Å². The summed E-state index contributed by atoms with van der Waals surface area (Å²) in [5, 5.41) is 14.7. The van der Waals surface area contributed by atoms with Crippen LogP contribution in [0, 0.1) is 11.3 Å². The first kappa shape index (κ1) is 25.4. The SMILES string of the molecule is C=CCc1cc(/C=C(/C#N)C(=O)Nc2cccc(Br)c2)cc(Br)c1OCc1ccc2ccccc2c1. The Balaban J connectivity index is 1.57. The first-order valence-electron chi connectivity index (χ1n) is 11.2. The Kier molecular flexibility index (Phi) is 8.37. The van der Waals surface area contributed by atoms with E-state index in [-0.39, 0.29) is 5.57 Å². The molecule has 36 heavy (non-hydrogen) atoms. The molecule has 178 valence electrons. The van der Waals surface area contributed by atoms with E-state index in [2.05, 4.69) is 74.1 Å². The van der Waals surface area contributed by atoms with E-state index in [4.69, 9.17) is 4.74 Å². The number of amides is 1. The summed E-state index contributed by atoms with van der Waals surface area (Å²) in [4.78, 5) is 12.7. The number of allylic oxidation sites excluding steroid dienone is 1. The Morgan fingerprint density at radius 2 is 1.81 bits per heavy atom. The number of halogens is 2. The topological polar surface area (TPSA) is 62.1 Å². The van der Waals surface area contributed by atoms with E-state index in [0.29, 0.717) is 30.0 Å². The zero-order chi connectivity index (χ0) is 25.5. The normalized spacial score (nSPS) is 11.1. The average molecular weight is 602 g/mol. The molecule has 0 fully saturated rings. The Morgan fingerprint density at radius 1 is 1.00 bits per heavy atom. The molecule has 4 rings (SSSR count). The van der Waals surface area contributed by atoms with Gasteiger partial charge >= 0.3 is 0 Å². The summed E-state index contributed by atoms with van der Waals surface area (Å²) >= 11 is 6.99. The second-order valence-electron chi connectivity index (χ2n) is 8.09. The lowest BCUT2D eigenvalue weighted by atomic mass is 10.0. The van der Waals surface area contributed by atoms with Crippen LogP contribution in [0.5, 0.6) is 5.75 Å². The van der Waals surface area contributed by atoms with E-state index in [0.717, 1.165) is 25.5 Å². The summed E-state index contributed by atoms with van der Waals surface area (Å²) in [6, 6.07) is 27.4. The van der Waals surface area contributed by atoms with Gasteiger partial charge in [0.2, 0.25) is 0 Å². The molecular formula is C30H22Br2N2O2. The lowest BCUT2D eigenvalue weighted by Gasteiger charge is -2.14. The van der Waals surface area contributed by atoms with Gasteiger partial charge in [-0.25, -0.2) is 0 Å². The summed E-state index contributed by atoms with van der Waals surface area (Å²) in [5.74, 6) is 0.228. The van der Waals surface area contributed by atoms with Gasteiger partial charge < -0.3 is 10.1 Å². The van der Waals surface area contributed by atoms with Crippen LogP contribution in [-0.4, -0.2) is 5.91 Å². The summed E-state index contributed by atoms with van der Waals surface area (Å²) in [5.41, 5.74) is 3.26. The van der Waals surface area contributed by atoms with E-state index in [1.165, 1.54) is 5.39 Å². The van der Waals surface area contributed by atoms with E-state index in [9.17, 15) is 10.1 Å². The third-order valence-corrected chi connectivity index (χ3v) is 6.55. The van der Waals surface area contributed by atoms with Gasteiger partial charge in [0, 0.05) is 10.2 Å². The molecule has 4 aromatic rings. The van der Waals surface area contributed by atoms with Crippen LogP contribution in [0.3, 0.4) is 0 Å². The number of carbonyl (C=O) groups is 1. The predicted octanol–water partition coefficient (Wildman–Crippen LogP) is 8.22. The van der Waals surface area contributed by atoms with Gasteiger partial charge in [0.1, 0.15) is 24.0 Å². The first-order chi connectivity index (χ1) is 17.5. The molecule has 0 bridgehead atoms. The summed E-state index contributed by atoms with van der Waals surface area (Å²) in [6.07, 6.45) is 3.93. The fourth-order valence-electron chi connectivity index (χ4n) is 3.79. The number of benzene rings is 4. The van der Waals surface area contributed by atoms with Crippen molar-refractivity contribution in [2.75, 3.05) is 5.32 Å². The predicted molar refractivity (Wildman–Crippen MR) is 153 cm³/mol. The number of nitrogens with zero attached hydrogens (tertiary/aromatic N) is 1. The maximum atomic E-state index is 12.7. The van der Waals surface area contributed by atoms with E-state index < -0.39 is 5.91 Å². The van der Waals surface area contributed by atoms with Crippen molar-refractivity contribution < 1.29 is 9.53 Å². The molecule has 0 heterocycles. The molecule has 0 unspecified atom stereocenters. The smallest absolute Gasteiger partial charge is 0.266 e. The van der Waals surface area contributed by atoms with Crippen LogP contribution in [0.1, 0.15) is 16.7 Å². The molecule has 0 aliphatic rings. The monoisotopic (exact) mass is 600 g/mol. The number of fused-ring (bicyclic) bond motifs is 1. The number of nitriles is 1. The zero-order valence-corrected chi connectivity index (χ0v) is 22.5. The highest BCUT2D eigenvalue weighted by atomic mass is 79.9. The molecule has 0 aliphatic heterocycles. The highest BCUT2D eigenvalue weighted by Gasteiger charge is 2.14. The number of carbonyl (C=O) groups excluding carboxylic acids is 1. The number of ether oxygens (including phenoxy) is 1. The highest BCUT2D eigenvalue weighted by molar-refractivity contribution is 9.10. The van der Waals surface area contributed by atoms with E-state index >= 15 is 0 Å². The van der Waals surface area contributed by atoms with Gasteiger partial charge in [-0.1, -0.05) is 64.5 Å². The molecule has 6 heteroatoms. The van der Waals surface area contributed by atoms with Crippen molar-refractivity contribution >= 4 is 60.3 Å². The van der Waals surface area contributed by atoms with Gasteiger partial charge in [0.05, 0.1) is 4.47 Å². The molecule has 0 spiro atoms. The molecule has 0 atom stereocenters. The third-order valence-electron chi connectivity index (χ3n) is 5.46. The lowest BCUT2D eigenvalue weighted by molar-refractivity contribution is -0.112. The standard InChI is InChI=1S/C30H22Br2N2O2/c1-2-6-24-14-21(15-25(18-33)30(35)34-27-10-5-9-26(31)17-27)16-28(32)29(24)36-19-20-11-12-22-7-3-4-8-23(22)13-20/h2-5,7-17H,1,6,19H2,(H,34,35)/b25-15-. The number of hydrogen-bond donors (Lipinski definition) is 1. The number of hydrogen-bond acceptors (Lipinski definition) is 3. The fraction of sp³-hybridized carbons (Fsp3) is 0.0667. The van der Waals surface area contributed by atoms with Crippen molar-refractivity contribution in [3.63, 3.8) is 0 Å². The Bertz CT molecular complexity index is 1520. The Labute approximate surface area is 227 Å². The molecule has 1 N–H and O–H groups in total. The number of anilines is 1. The molecule has 1 amide bonds. The molecule has 4 nitrogen and oxygen atoms in total. The molecule has 0 radical (unpaired) electrons. The minimum Gasteiger partial charge on any atom is -0.487 e. The average Bonchev–Trinajstić information content (AvgIpc) is 2.87. The van der Waals surface area contributed by atoms with Gasteiger partial charge in [0.25, 0.3) is 5.91 Å². The number of nitrogens with one attached hydrogen (secondary N) is 1. The second-order valence-corrected chi connectivity index (χ2v) is 9.86. The quantitative estimate of drug-likeness (QED) is 0.126. The van der Waals surface area contributed by atoms with Crippen molar-refractivity contribution in [3.05, 3.63) is 123 Å². The van der Waals surface area contributed by atoms with E-state index in [1.54, 1.807) is 24.3 Å². The maximum Gasteiger partial charge on any atom is 0.266 e.